The number of benzene rings is 1. The third-order valence-corrected chi connectivity index (χ3v) is 11.4. The number of hydrogen-bond donors (Lipinski definition) is 1. The molecule has 0 saturated carbocycles. The Balaban J connectivity index is 3.07. The van der Waals surface area contributed by atoms with Crippen LogP contribution in [0, 0.1) is 6.92 Å². The molecule has 1 rings (SSSR count). The molecular weight excluding hydrogens is 414 g/mol. The molecule has 0 saturated heterocycles. The van der Waals surface area contributed by atoms with Gasteiger partial charge in [-0.25, -0.2) is 0 Å². The lowest BCUT2D eigenvalue weighted by Crippen LogP contribution is -2.46. The zero-order chi connectivity index (χ0) is 19.6. The van der Waals surface area contributed by atoms with Crippen LogP contribution in [0.25, 0.3) is 0 Å². The van der Waals surface area contributed by atoms with Gasteiger partial charge in [-0.3, -0.25) is 0 Å². The van der Waals surface area contributed by atoms with Crippen LogP contribution in [0.5, 0.6) is 0 Å². The molecule has 0 amide bonds. The minimum absolute atomic E-state index is 0.0951. The smallest absolute Gasteiger partial charge is 0.192 e. The molecule has 1 aromatic carbocycles. The molecule has 6 heteroatoms. The van der Waals surface area contributed by atoms with E-state index < -0.39 is 19.7 Å². The monoisotopic (exact) mass is 447 g/mol. The van der Waals surface area contributed by atoms with Crippen LogP contribution in [0.4, 0.5) is 0 Å². The second-order valence-electron chi connectivity index (χ2n) is 9.12. The van der Waals surface area contributed by atoms with Crippen molar-refractivity contribution in [1.29, 1.82) is 0 Å². The summed E-state index contributed by atoms with van der Waals surface area (Å²) in [6.07, 6.45) is 0. The number of aryl methyl sites for hydroxylation is 1. The summed E-state index contributed by atoms with van der Waals surface area (Å²) in [6.45, 7) is 19.8. The van der Waals surface area contributed by atoms with Crippen molar-refractivity contribution >= 4 is 35.6 Å². The predicted molar refractivity (Wildman–Crippen MR) is 116 cm³/mol. The summed E-state index contributed by atoms with van der Waals surface area (Å²) in [4.78, 5) is 0. The van der Waals surface area contributed by atoms with E-state index in [0.29, 0.717) is 6.61 Å². The summed E-state index contributed by atoms with van der Waals surface area (Å²) in [7, 11) is -1.87. The van der Waals surface area contributed by atoms with Crippen molar-refractivity contribution in [3.63, 3.8) is 0 Å². The lowest BCUT2D eigenvalue weighted by Gasteiger charge is -2.38. The highest BCUT2D eigenvalue weighted by atomic mass is 79.9. The van der Waals surface area contributed by atoms with Crippen molar-refractivity contribution in [1.82, 2.24) is 4.72 Å². The van der Waals surface area contributed by atoms with E-state index in [1.54, 1.807) is 0 Å². The topological polar surface area (TPSA) is 44.3 Å². The summed E-state index contributed by atoms with van der Waals surface area (Å²) in [5, 5.41) is 0.148. The number of hydrogen-bond acceptors (Lipinski definition) is 3. The normalized spacial score (nSPS) is 16.0. The van der Waals surface area contributed by atoms with Crippen LogP contribution in [-0.2, 0) is 15.8 Å². The average molecular weight is 449 g/mol. The Labute approximate surface area is 166 Å². The molecule has 2 unspecified atom stereocenters. The molecule has 0 spiro atoms. The summed E-state index contributed by atoms with van der Waals surface area (Å²) in [6, 6.07) is 6.12. The Kier molecular flexibility index (Phi) is 7.83. The molecule has 1 aromatic rings. The van der Waals surface area contributed by atoms with E-state index in [4.69, 9.17) is 4.43 Å². The Morgan fingerprint density at radius 2 is 1.76 bits per heavy atom. The Hall–Kier alpha value is 0.147. The fraction of sp³-hybridized carbons (Fsp3) is 0.684. The number of nitrogens with one attached hydrogen (secondary N) is 1. The van der Waals surface area contributed by atoms with Crippen molar-refractivity contribution in [3.05, 3.63) is 33.8 Å². The maximum absolute atomic E-state index is 12.7. The molecule has 1 N–H and O–H groups in total. The largest absolute Gasteiger partial charge is 0.598 e. The van der Waals surface area contributed by atoms with Gasteiger partial charge in [-0.2, -0.15) is 0 Å². The molecule has 0 bridgehead atoms. The van der Waals surface area contributed by atoms with Gasteiger partial charge in [0.15, 0.2) is 8.32 Å². The number of rotatable bonds is 6. The summed E-state index contributed by atoms with van der Waals surface area (Å²) >= 11 is 2.36. The fourth-order valence-corrected chi connectivity index (χ4v) is 4.33. The predicted octanol–water partition coefficient (Wildman–Crippen LogP) is 5.87. The van der Waals surface area contributed by atoms with Crippen molar-refractivity contribution in [3.8, 4) is 0 Å². The molecule has 0 fully saturated rings. The van der Waals surface area contributed by atoms with Crippen molar-refractivity contribution < 1.29 is 8.98 Å². The quantitative estimate of drug-likeness (QED) is 0.437. The minimum Gasteiger partial charge on any atom is -0.598 e. The van der Waals surface area contributed by atoms with Crippen LogP contribution in [-0.4, -0.2) is 24.2 Å². The van der Waals surface area contributed by atoms with Crippen molar-refractivity contribution in [2.75, 3.05) is 6.61 Å². The van der Waals surface area contributed by atoms with Gasteiger partial charge < -0.3 is 8.98 Å². The molecule has 2 atom stereocenters. The molecule has 3 nitrogen and oxygen atoms in total. The van der Waals surface area contributed by atoms with Gasteiger partial charge in [-0.1, -0.05) is 42.8 Å². The van der Waals surface area contributed by atoms with Gasteiger partial charge in [0.2, 0.25) is 0 Å². The SMILES string of the molecule is Cc1cc(Br)ccc1C(CO[Si](C)(C)C(C)(C)C)N[S+]([O-])C(C)(C)C. The number of halogens is 1. The summed E-state index contributed by atoms with van der Waals surface area (Å²) < 4.78 is 23.2. The van der Waals surface area contributed by atoms with Gasteiger partial charge in [0.1, 0.15) is 4.75 Å². The van der Waals surface area contributed by atoms with Crippen LogP contribution >= 0.6 is 15.9 Å². The van der Waals surface area contributed by atoms with E-state index in [2.05, 4.69) is 73.6 Å². The Morgan fingerprint density at radius 3 is 2.20 bits per heavy atom. The standard InChI is InChI=1S/C19H34BrNO2SSi/c1-14-12-15(20)10-11-16(14)17(21-24(22)18(2,3)4)13-23-25(8,9)19(5,6)7/h10-12,17,21H,13H2,1-9H3. The molecule has 0 aliphatic heterocycles. The zero-order valence-electron chi connectivity index (χ0n) is 17.1. The maximum Gasteiger partial charge on any atom is 0.192 e. The first-order valence-electron chi connectivity index (χ1n) is 8.73. The second-order valence-corrected chi connectivity index (χ2v) is 16.8. The van der Waals surface area contributed by atoms with E-state index in [1.165, 1.54) is 0 Å². The molecular formula is C19H34BrNO2SSi. The van der Waals surface area contributed by atoms with Gasteiger partial charge in [0, 0.05) is 15.8 Å². The summed E-state index contributed by atoms with van der Waals surface area (Å²) in [5.74, 6) is 0. The Bertz CT molecular complexity index is 582. The molecule has 0 radical (unpaired) electrons. The van der Waals surface area contributed by atoms with Crippen molar-refractivity contribution in [2.45, 2.75) is 77.4 Å². The third-order valence-electron chi connectivity index (χ3n) is 4.83. The average Bonchev–Trinajstić information content (AvgIpc) is 2.41. The molecule has 0 aliphatic carbocycles. The van der Waals surface area contributed by atoms with E-state index >= 15 is 0 Å². The van der Waals surface area contributed by atoms with Crippen LogP contribution < -0.4 is 4.72 Å². The van der Waals surface area contributed by atoms with Crippen LogP contribution in [0.2, 0.25) is 18.1 Å². The highest BCUT2D eigenvalue weighted by Crippen LogP contribution is 2.37. The second kappa shape index (κ2) is 8.44. The molecule has 0 aliphatic rings. The van der Waals surface area contributed by atoms with E-state index in [-0.39, 0.29) is 15.8 Å². The van der Waals surface area contributed by atoms with Gasteiger partial charge in [0.25, 0.3) is 0 Å². The lowest BCUT2D eigenvalue weighted by molar-refractivity contribution is 0.255. The molecule has 144 valence electrons. The zero-order valence-corrected chi connectivity index (χ0v) is 20.5. The highest BCUT2D eigenvalue weighted by molar-refractivity contribution is 9.10. The minimum atomic E-state index is -1.87. The van der Waals surface area contributed by atoms with E-state index in [0.717, 1.165) is 15.6 Å². The van der Waals surface area contributed by atoms with Gasteiger partial charge >= 0.3 is 0 Å². The highest BCUT2D eigenvalue weighted by Gasteiger charge is 2.39. The first kappa shape index (κ1) is 23.2. The first-order chi connectivity index (χ1) is 11.1. The van der Waals surface area contributed by atoms with Crippen LogP contribution in [0.15, 0.2) is 22.7 Å². The van der Waals surface area contributed by atoms with Gasteiger partial charge in [-0.05, 0) is 69.1 Å². The Morgan fingerprint density at radius 1 is 1.20 bits per heavy atom. The van der Waals surface area contributed by atoms with E-state index in [9.17, 15) is 4.55 Å². The lowest BCUT2D eigenvalue weighted by atomic mass is 10.0. The summed E-state index contributed by atoms with van der Waals surface area (Å²) in [5.41, 5.74) is 2.30. The first-order valence-corrected chi connectivity index (χ1v) is 13.6. The van der Waals surface area contributed by atoms with Crippen LogP contribution in [0.1, 0.15) is 58.7 Å². The maximum atomic E-state index is 12.7. The van der Waals surface area contributed by atoms with Crippen molar-refractivity contribution in [2.24, 2.45) is 0 Å². The fourth-order valence-electron chi connectivity index (χ4n) is 2.03. The molecule has 0 aromatic heterocycles. The molecule has 25 heavy (non-hydrogen) atoms. The van der Waals surface area contributed by atoms with E-state index in [1.807, 2.05) is 26.8 Å². The van der Waals surface area contributed by atoms with Gasteiger partial charge in [-0.15, -0.1) is 4.72 Å². The molecule has 0 heterocycles. The van der Waals surface area contributed by atoms with Gasteiger partial charge in [0.05, 0.1) is 12.6 Å². The van der Waals surface area contributed by atoms with Crippen LogP contribution in [0.3, 0.4) is 0 Å². The third kappa shape index (κ3) is 6.67.